The normalized spacial score (nSPS) is 11.3. The van der Waals surface area contributed by atoms with Gasteiger partial charge < -0.3 is 4.74 Å². The molecule has 0 aliphatic rings. The number of rotatable bonds is 9. The first-order chi connectivity index (χ1) is 7.10. The van der Waals surface area contributed by atoms with Crippen molar-refractivity contribution in [3.8, 4) is 0 Å². The molecule has 0 N–H and O–H groups in total. The third-order valence-electron chi connectivity index (χ3n) is 2.34. The first kappa shape index (κ1) is 14.6. The number of carbonyl (C=O) groups is 1. The number of ether oxygens (including phenoxy) is 1. The molecule has 90 valence electrons. The van der Waals surface area contributed by atoms with Gasteiger partial charge in [-0.05, 0) is 18.8 Å². The van der Waals surface area contributed by atoms with Crippen molar-refractivity contribution < 1.29 is 9.53 Å². The van der Waals surface area contributed by atoms with Crippen LogP contribution in [-0.4, -0.2) is 18.5 Å². The first-order valence-electron chi connectivity index (χ1n) is 6.23. The first-order valence-corrected chi connectivity index (χ1v) is 6.23. The number of Topliss-reactive ketones (excluding diaryl/α,β-unsaturated/α-hetero) is 1. The molecular weight excluding hydrogens is 188 g/mol. The molecule has 0 fully saturated rings. The van der Waals surface area contributed by atoms with Crippen LogP contribution in [-0.2, 0) is 9.53 Å². The summed E-state index contributed by atoms with van der Waals surface area (Å²) in [5.41, 5.74) is 0. The fourth-order valence-corrected chi connectivity index (χ4v) is 1.68. The van der Waals surface area contributed by atoms with Crippen LogP contribution >= 0.6 is 0 Å². The number of hydrogen-bond acceptors (Lipinski definition) is 2. The molecule has 0 aliphatic heterocycles. The standard InChI is InChI=1S/C13H26O2/c1-5-7-13(8-6-2)15-10-12(14)9-11(3)4/h11,13H,5-10H2,1-4H3. The molecule has 0 unspecified atom stereocenters. The molecule has 0 rings (SSSR count). The van der Waals surface area contributed by atoms with Crippen molar-refractivity contribution >= 4 is 5.78 Å². The summed E-state index contributed by atoms with van der Waals surface area (Å²) in [7, 11) is 0. The van der Waals surface area contributed by atoms with E-state index in [-0.39, 0.29) is 11.9 Å². The molecule has 0 amide bonds. The Kier molecular flexibility index (Phi) is 8.68. The Balaban J connectivity index is 3.72. The van der Waals surface area contributed by atoms with Crippen molar-refractivity contribution in [3.05, 3.63) is 0 Å². The molecule has 2 heteroatoms. The van der Waals surface area contributed by atoms with Gasteiger partial charge in [0.25, 0.3) is 0 Å². The minimum absolute atomic E-state index is 0.238. The maximum Gasteiger partial charge on any atom is 0.158 e. The van der Waals surface area contributed by atoms with Gasteiger partial charge in [0.05, 0.1) is 6.10 Å². The van der Waals surface area contributed by atoms with Crippen molar-refractivity contribution in [1.29, 1.82) is 0 Å². The van der Waals surface area contributed by atoms with E-state index in [1.165, 1.54) is 0 Å². The number of ketones is 1. The summed E-state index contributed by atoms with van der Waals surface area (Å²) in [6.45, 7) is 8.74. The quantitative estimate of drug-likeness (QED) is 0.586. The van der Waals surface area contributed by atoms with E-state index in [0.29, 0.717) is 18.9 Å². The summed E-state index contributed by atoms with van der Waals surface area (Å²) in [6, 6.07) is 0. The second kappa shape index (κ2) is 8.90. The molecule has 15 heavy (non-hydrogen) atoms. The lowest BCUT2D eigenvalue weighted by atomic mass is 10.1. The summed E-state index contributed by atoms with van der Waals surface area (Å²) in [4.78, 5) is 11.4. The van der Waals surface area contributed by atoms with E-state index in [1.807, 2.05) is 0 Å². The fourth-order valence-electron chi connectivity index (χ4n) is 1.68. The summed E-state index contributed by atoms with van der Waals surface area (Å²) >= 11 is 0. The highest BCUT2D eigenvalue weighted by Gasteiger charge is 2.10. The molecule has 0 aromatic carbocycles. The Morgan fingerprint density at radius 2 is 1.67 bits per heavy atom. The highest BCUT2D eigenvalue weighted by Crippen LogP contribution is 2.10. The summed E-state index contributed by atoms with van der Waals surface area (Å²) < 4.78 is 5.64. The average Bonchev–Trinajstić information content (AvgIpc) is 2.14. The topological polar surface area (TPSA) is 26.3 Å². The van der Waals surface area contributed by atoms with E-state index in [9.17, 15) is 4.79 Å². The summed E-state index contributed by atoms with van der Waals surface area (Å²) in [6.07, 6.45) is 5.33. The molecular formula is C13H26O2. The van der Waals surface area contributed by atoms with Gasteiger partial charge in [-0.2, -0.15) is 0 Å². The minimum atomic E-state index is 0.238. The largest absolute Gasteiger partial charge is 0.370 e. The van der Waals surface area contributed by atoms with Crippen LogP contribution in [0.2, 0.25) is 0 Å². The highest BCUT2D eigenvalue weighted by atomic mass is 16.5. The molecule has 0 aromatic rings. The number of hydrogen-bond donors (Lipinski definition) is 0. The molecule has 0 bridgehead atoms. The predicted octanol–water partition coefficient (Wildman–Crippen LogP) is 3.59. The van der Waals surface area contributed by atoms with E-state index in [0.717, 1.165) is 25.7 Å². The Hall–Kier alpha value is -0.370. The van der Waals surface area contributed by atoms with E-state index in [4.69, 9.17) is 4.74 Å². The van der Waals surface area contributed by atoms with Gasteiger partial charge >= 0.3 is 0 Å². The van der Waals surface area contributed by atoms with Gasteiger partial charge in [0, 0.05) is 6.42 Å². The summed E-state index contributed by atoms with van der Waals surface area (Å²) in [5.74, 6) is 0.680. The fraction of sp³-hybridized carbons (Fsp3) is 0.923. The lowest BCUT2D eigenvalue weighted by Gasteiger charge is -2.16. The van der Waals surface area contributed by atoms with Gasteiger partial charge in [0.2, 0.25) is 0 Å². The molecule has 0 heterocycles. The van der Waals surface area contributed by atoms with Crippen molar-refractivity contribution in [2.75, 3.05) is 6.61 Å². The zero-order chi connectivity index (χ0) is 11.7. The second-order valence-electron chi connectivity index (χ2n) is 4.65. The molecule has 0 atom stereocenters. The Bertz CT molecular complexity index is 158. The minimum Gasteiger partial charge on any atom is -0.370 e. The Labute approximate surface area is 94.4 Å². The van der Waals surface area contributed by atoms with Gasteiger partial charge in [0.1, 0.15) is 6.61 Å². The predicted molar refractivity (Wildman–Crippen MR) is 64.0 cm³/mol. The summed E-state index contributed by atoms with van der Waals surface area (Å²) in [5, 5.41) is 0. The molecule has 0 spiro atoms. The van der Waals surface area contributed by atoms with Crippen molar-refractivity contribution in [2.24, 2.45) is 5.92 Å². The van der Waals surface area contributed by atoms with Crippen LogP contribution in [0, 0.1) is 5.92 Å². The lowest BCUT2D eigenvalue weighted by Crippen LogP contribution is -2.19. The van der Waals surface area contributed by atoms with Crippen LogP contribution in [0.1, 0.15) is 59.8 Å². The SMILES string of the molecule is CCCC(CCC)OCC(=O)CC(C)C. The maximum atomic E-state index is 11.4. The van der Waals surface area contributed by atoms with Gasteiger partial charge in [-0.3, -0.25) is 4.79 Å². The highest BCUT2D eigenvalue weighted by molar-refractivity contribution is 5.79. The van der Waals surface area contributed by atoms with Crippen LogP contribution in [0.3, 0.4) is 0 Å². The Morgan fingerprint density at radius 1 is 1.13 bits per heavy atom. The maximum absolute atomic E-state index is 11.4. The van der Waals surface area contributed by atoms with Crippen molar-refractivity contribution in [2.45, 2.75) is 65.9 Å². The molecule has 0 saturated carbocycles. The van der Waals surface area contributed by atoms with Crippen LogP contribution in [0.15, 0.2) is 0 Å². The van der Waals surface area contributed by atoms with Gasteiger partial charge in [0.15, 0.2) is 5.78 Å². The lowest BCUT2D eigenvalue weighted by molar-refractivity contribution is -0.126. The zero-order valence-corrected chi connectivity index (χ0v) is 10.7. The van der Waals surface area contributed by atoms with Crippen molar-refractivity contribution in [3.63, 3.8) is 0 Å². The molecule has 2 nitrogen and oxygen atoms in total. The van der Waals surface area contributed by atoms with Gasteiger partial charge in [-0.25, -0.2) is 0 Å². The third-order valence-corrected chi connectivity index (χ3v) is 2.34. The van der Waals surface area contributed by atoms with Crippen molar-refractivity contribution in [1.82, 2.24) is 0 Å². The smallest absolute Gasteiger partial charge is 0.158 e. The van der Waals surface area contributed by atoms with Crippen LogP contribution in [0.25, 0.3) is 0 Å². The molecule has 0 saturated heterocycles. The van der Waals surface area contributed by atoms with Gasteiger partial charge in [-0.15, -0.1) is 0 Å². The number of carbonyl (C=O) groups excluding carboxylic acids is 1. The molecule has 0 aromatic heterocycles. The Morgan fingerprint density at radius 3 is 2.07 bits per heavy atom. The monoisotopic (exact) mass is 214 g/mol. The van der Waals surface area contributed by atoms with Crippen LogP contribution < -0.4 is 0 Å². The zero-order valence-electron chi connectivity index (χ0n) is 10.7. The van der Waals surface area contributed by atoms with Crippen LogP contribution in [0.5, 0.6) is 0 Å². The van der Waals surface area contributed by atoms with Gasteiger partial charge in [-0.1, -0.05) is 40.5 Å². The van der Waals surface area contributed by atoms with E-state index in [1.54, 1.807) is 0 Å². The van der Waals surface area contributed by atoms with E-state index >= 15 is 0 Å². The van der Waals surface area contributed by atoms with Crippen LogP contribution in [0.4, 0.5) is 0 Å². The van der Waals surface area contributed by atoms with E-state index in [2.05, 4.69) is 27.7 Å². The molecule has 0 radical (unpaired) electrons. The third kappa shape index (κ3) is 8.61. The average molecular weight is 214 g/mol. The van der Waals surface area contributed by atoms with E-state index < -0.39 is 0 Å². The molecule has 0 aliphatic carbocycles. The second-order valence-corrected chi connectivity index (χ2v) is 4.65.